The minimum Gasteiger partial charge on any atom is -0.484 e. The van der Waals surface area contributed by atoms with E-state index in [0.717, 1.165) is 102 Å². The summed E-state index contributed by atoms with van der Waals surface area (Å²) in [6.07, 6.45) is 9.31. The Morgan fingerprint density at radius 2 is 1.71 bits per heavy atom. The Morgan fingerprint density at radius 1 is 0.964 bits per heavy atom. The van der Waals surface area contributed by atoms with Crippen molar-refractivity contribution in [3.63, 3.8) is 0 Å². The number of amides is 2. The second-order valence-corrected chi connectivity index (χ2v) is 16.4. The Balaban J connectivity index is 0.00000155. The molecule has 0 spiro atoms. The number of halogens is 1. The number of benzene rings is 2. The van der Waals surface area contributed by atoms with E-state index in [2.05, 4.69) is 80.9 Å². The van der Waals surface area contributed by atoms with Gasteiger partial charge in [0.15, 0.2) is 5.65 Å². The summed E-state index contributed by atoms with van der Waals surface area (Å²) in [5.74, 6) is 2.24. The number of rotatable bonds is 8. The van der Waals surface area contributed by atoms with E-state index < -0.39 is 0 Å². The second-order valence-electron chi connectivity index (χ2n) is 16.0. The third kappa shape index (κ3) is 8.63. The zero-order chi connectivity index (χ0) is 39.4. The highest BCUT2D eigenvalue weighted by Gasteiger charge is 2.31. The van der Waals surface area contributed by atoms with Gasteiger partial charge in [-0.3, -0.25) is 19.4 Å². The van der Waals surface area contributed by atoms with E-state index in [-0.39, 0.29) is 30.1 Å². The molecule has 3 aromatic heterocycles. The smallest absolute Gasteiger partial charge is 0.320 e. The van der Waals surface area contributed by atoms with Crippen LogP contribution in [-0.2, 0) is 16.8 Å². The molecule has 2 aromatic carbocycles. The maximum atomic E-state index is 13.8. The molecule has 5 aromatic rings. The topological polar surface area (TPSA) is 142 Å². The molecule has 13 nitrogen and oxygen atoms in total. The summed E-state index contributed by atoms with van der Waals surface area (Å²) in [7, 11) is 0. The average molecular weight is 782 g/mol. The van der Waals surface area contributed by atoms with Crippen molar-refractivity contribution in [2.24, 2.45) is 0 Å². The van der Waals surface area contributed by atoms with E-state index in [9.17, 15) is 4.79 Å². The Bertz CT molecular complexity index is 2160. The molecule has 8 rings (SSSR count). The van der Waals surface area contributed by atoms with Crippen LogP contribution in [-0.4, -0.2) is 72.6 Å². The average Bonchev–Trinajstić information content (AvgIpc) is 3.95. The number of pyridine rings is 1. The number of carboxylic acid groups (broad SMARTS) is 1. The van der Waals surface area contributed by atoms with Crippen molar-refractivity contribution < 1.29 is 19.4 Å². The molecule has 3 N–H and O–H groups in total. The molecular weight excluding hydrogens is 730 g/mol. The molecule has 2 amide bonds. The number of aromatic nitrogens is 5. The Labute approximate surface area is 333 Å². The molecule has 3 atom stereocenters. The fourth-order valence-electron chi connectivity index (χ4n) is 8.05. The van der Waals surface area contributed by atoms with Crippen LogP contribution < -0.4 is 20.3 Å². The molecule has 1 unspecified atom stereocenters. The van der Waals surface area contributed by atoms with E-state index in [1.165, 1.54) is 19.3 Å². The van der Waals surface area contributed by atoms with Crippen molar-refractivity contribution in [1.82, 2.24) is 34.6 Å². The number of carbonyl (C=O) groups is 2. The van der Waals surface area contributed by atoms with Crippen LogP contribution in [0, 0.1) is 0 Å². The molecule has 5 heterocycles. The minimum atomic E-state index is -0.283. The lowest BCUT2D eigenvalue weighted by atomic mass is 9.85. The summed E-state index contributed by atoms with van der Waals surface area (Å²) >= 11 is 6.68. The number of piperidine rings is 1. The summed E-state index contributed by atoms with van der Waals surface area (Å²) in [5.41, 5.74) is 5.52. The van der Waals surface area contributed by atoms with E-state index in [4.69, 9.17) is 31.3 Å². The van der Waals surface area contributed by atoms with Gasteiger partial charge in [0.1, 0.15) is 17.7 Å². The van der Waals surface area contributed by atoms with E-state index in [1.807, 2.05) is 53.3 Å². The maximum Gasteiger partial charge on any atom is 0.320 e. The lowest BCUT2D eigenvalue weighted by Gasteiger charge is -2.33. The molecule has 2 saturated heterocycles. The van der Waals surface area contributed by atoms with Gasteiger partial charge < -0.3 is 20.1 Å². The van der Waals surface area contributed by atoms with Gasteiger partial charge >= 0.3 is 6.03 Å². The van der Waals surface area contributed by atoms with Gasteiger partial charge in [0.2, 0.25) is 5.95 Å². The number of likely N-dealkylation sites (tertiary alicyclic amines) is 1. The SMILES string of the molecule is CC1CCCCN1c1nnc2ccc(O[C@@H]3CC[C@H](NC(=O)Nc4cc(C(C)(C)C)nn4-c4ccc(Cl)c(CN5CCCC5)c4)c4ccccc43)cn12.O=CO. The van der Waals surface area contributed by atoms with Crippen molar-refractivity contribution in [3.8, 4) is 11.4 Å². The number of hydrogen-bond acceptors (Lipinski definition) is 8. The molecule has 56 heavy (non-hydrogen) atoms. The summed E-state index contributed by atoms with van der Waals surface area (Å²) in [6.45, 7) is 12.3. The molecule has 0 radical (unpaired) electrons. The predicted octanol–water partition coefficient (Wildman–Crippen LogP) is 8.32. The molecule has 2 fully saturated rings. The van der Waals surface area contributed by atoms with Crippen LogP contribution in [0.5, 0.6) is 5.75 Å². The zero-order valence-corrected chi connectivity index (χ0v) is 33.4. The first-order chi connectivity index (χ1) is 27.0. The monoisotopic (exact) mass is 781 g/mol. The first-order valence-electron chi connectivity index (χ1n) is 19.7. The van der Waals surface area contributed by atoms with Gasteiger partial charge in [0.25, 0.3) is 6.47 Å². The highest BCUT2D eigenvalue weighted by Crippen LogP contribution is 2.39. The van der Waals surface area contributed by atoms with Crippen molar-refractivity contribution in [1.29, 1.82) is 0 Å². The highest BCUT2D eigenvalue weighted by molar-refractivity contribution is 6.31. The number of anilines is 2. The van der Waals surface area contributed by atoms with Crippen molar-refractivity contribution in [2.75, 3.05) is 29.9 Å². The van der Waals surface area contributed by atoms with Gasteiger partial charge in [-0.2, -0.15) is 5.10 Å². The number of urea groups is 1. The molecule has 1 aliphatic carbocycles. The quantitative estimate of drug-likeness (QED) is 0.133. The number of carbonyl (C=O) groups excluding carboxylic acids is 1. The molecule has 14 heteroatoms. The zero-order valence-electron chi connectivity index (χ0n) is 32.6. The standard InChI is InChI=1S/C41H50ClN9O2.CH2O2/c1-27-11-7-8-22-49(27)40-46-45-37-19-15-30(26-50(37)40)53-35-18-17-34(31-12-5-6-13-32(31)35)43-39(52)44-38-24-36(41(2,3)4)47-51(38)29-14-16-33(42)28(23-29)25-48-20-9-10-21-48;2-1-3/h5-6,12-16,19,23-24,26-27,34-35H,7-11,17-18,20-22,25H2,1-4H3,(H2,43,44,52);1H,(H,2,3)/t27?,34-,35+;/m0./s1. The number of nitrogens with one attached hydrogen (secondary N) is 2. The van der Waals surface area contributed by atoms with Gasteiger partial charge in [-0.15, -0.1) is 10.2 Å². The summed E-state index contributed by atoms with van der Waals surface area (Å²) in [4.78, 5) is 26.9. The van der Waals surface area contributed by atoms with Gasteiger partial charge in [-0.1, -0.05) is 56.6 Å². The van der Waals surface area contributed by atoms with Crippen LogP contribution in [0.3, 0.4) is 0 Å². The summed E-state index contributed by atoms with van der Waals surface area (Å²) in [5, 5.41) is 28.0. The molecule has 0 saturated carbocycles. The Kier molecular flexibility index (Phi) is 11.8. The number of fused-ring (bicyclic) bond motifs is 2. The Morgan fingerprint density at radius 3 is 2.46 bits per heavy atom. The normalized spacial score (nSPS) is 19.9. The van der Waals surface area contributed by atoms with Crippen LogP contribution in [0.1, 0.15) is 107 Å². The molecule has 0 bridgehead atoms. The van der Waals surface area contributed by atoms with Crippen molar-refractivity contribution >= 4 is 41.5 Å². The Hall–Kier alpha value is -5.14. The van der Waals surface area contributed by atoms with Gasteiger partial charge in [-0.25, -0.2) is 9.48 Å². The van der Waals surface area contributed by atoms with E-state index in [1.54, 1.807) is 0 Å². The largest absolute Gasteiger partial charge is 0.484 e. The lowest BCUT2D eigenvalue weighted by Crippen LogP contribution is -2.38. The van der Waals surface area contributed by atoms with Crippen LogP contribution in [0.15, 0.2) is 66.9 Å². The summed E-state index contributed by atoms with van der Waals surface area (Å²) < 4.78 is 10.6. The van der Waals surface area contributed by atoms with Crippen LogP contribution >= 0.6 is 11.6 Å². The van der Waals surface area contributed by atoms with Crippen molar-refractivity contribution in [2.45, 2.75) is 103 Å². The number of ether oxygens (including phenoxy) is 1. The van der Waals surface area contributed by atoms with Gasteiger partial charge in [0.05, 0.1) is 23.6 Å². The fourth-order valence-corrected chi connectivity index (χ4v) is 8.22. The van der Waals surface area contributed by atoms with E-state index in [0.29, 0.717) is 11.9 Å². The maximum absolute atomic E-state index is 13.8. The molecular formula is C42H52ClN9O4. The lowest BCUT2D eigenvalue weighted by molar-refractivity contribution is -0.122. The van der Waals surface area contributed by atoms with Gasteiger partial charge in [0, 0.05) is 35.6 Å². The highest BCUT2D eigenvalue weighted by atomic mass is 35.5. The van der Waals surface area contributed by atoms with Crippen LogP contribution in [0.4, 0.5) is 16.6 Å². The predicted molar refractivity (Wildman–Crippen MR) is 218 cm³/mol. The number of nitrogens with zero attached hydrogens (tertiary/aromatic N) is 7. The third-order valence-corrected chi connectivity index (χ3v) is 11.4. The molecule has 3 aliphatic rings. The minimum absolute atomic E-state index is 0.158. The number of hydrogen-bond donors (Lipinski definition) is 3. The second kappa shape index (κ2) is 16.9. The summed E-state index contributed by atoms with van der Waals surface area (Å²) in [6, 6.07) is 20.1. The van der Waals surface area contributed by atoms with Gasteiger partial charge in [-0.05, 0) is 112 Å². The molecule has 296 valence electrons. The van der Waals surface area contributed by atoms with Crippen molar-refractivity contribution in [3.05, 3.63) is 94.3 Å². The fraction of sp³-hybridized carbons (Fsp3) is 0.452. The van der Waals surface area contributed by atoms with Crippen LogP contribution in [0.2, 0.25) is 5.02 Å². The first kappa shape index (κ1) is 39.1. The van der Waals surface area contributed by atoms with Crippen LogP contribution in [0.25, 0.3) is 11.3 Å². The van der Waals surface area contributed by atoms with E-state index >= 15 is 0 Å². The third-order valence-electron chi connectivity index (χ3n) is 11.0. The first-order valence-corrected chi connectivity index (χ1v) is 20.0. The molecule has 2 aliphatic heterocycles.